The monoisotopic (exact) mass is 589 g/mol. The number of anilines is 2. The molecule has 2 atom stereocenters. The van der Waals surface area contributed by atoms with E-state index >= 15 is 0 Å². The smallest absolute Gasteiger partial charge is 0.259 e. The molecule has 0 aliphatic carbocycles. The molecule has 1 unspecified atom stereocenters. The first-order valence-corrected chi connectivity index (χ1v) is 15.8. The van der Waals surface area contributed by atoms with Crippen LogP contribution in [0.4, 0.5) is 10.8 Å². The number of fused-ring (bicyclic) bond motifs is 1. The van der Waals surface area contributed by atoms with E-state index in [1.807, 2.05) is 18.2 Å². The fourth-order valence-electron chi connectivity index (χ4n) is 4.29. The molecule has 11 heteroatoms. The van der Waals surface area contributed by atoms with Gasteiger partial charge in [0.05, 0.1) is 16.6 Å². The minimum atomic E-state index is -2.11. The fourth-order valence-corrected chi connectivity index (χ4v) is 7.14. The Kier molecular flexibility index (Phi) is 7.75. The van der Waals surface area contributed by atoms with Gasteiger partial charge in [-0.2, -0.15) is 0 Å². The standard InChI is InChI=1S/C28H23N5O2S4/c34-39(35)33-22-11-8-18(9-12-22)15-23(24-17-37-27(29-24)25-6-3-13-36-25)30-28-32-31-26(38-28)16-19-7-10-20-4-1-2-5-21(20)14-19/h1-14,17,23,33H,15-16H2,(H,30,32)(H,34,35)/t23-/m0/s1. The molecule has 0 saturated carbocycles. The summed E-state index contributed by atoms with van der Waals surface area (Å²) in [6.45, 7) is 0. The second-order valence-electron chi connectivity index (χ2n) is 8.86. The van der Waals surface area contributed by atoms with Gasteiger partial charge in [-0.25, -0.2) is 9.19 Å². The van der Waals surface area contributed by atoms with Crippen molar-refractivity contribution in [2.45, 2.75) is 18.9 Å². The van der Waals surface area contributed by atoms with Crippen molar-refractivity contribution in [2.75, 3.05) is 10.0 Å². The minimum Gasteiger partial charge on any atom is -0.351 e. The molecule has 6 aromatic rings. The Morgan fingerprint density at radius 3 is 2.51 bits per heavy atom. The number of thiazole rings is 1. The highest BCUT2D eigenvalue weighted by Gasteiger charge is 2.19. The van der Waals surface area contributed by atoms with Gasteiger partial charge in [0.1, 0.15) is 10.0 Å². The molecular weight excluding hydrogens is 567 g/mol. The molecule has 196 valence electrons. The second-order valence-corrected chi connectivity index (χ2v) is 12.4. The zero-order valence-corrected chi connectivity index (χ0v) is 23.7. The van der Waals surface area contributed by atoms with Crippen LogP contribution in [0.5, 0.6) is 0 Å². The molecule has 0 spiro atoms. The molecule has 0 fully saturated rings. The maximum atomic E-state index is 11.1. The number of aromatic nitrogens is 3. The molecule has 0 bridgehead atoms. The number of hydrogen-bond donors (Lipinski definition) is 3. The summed E-state index contributed by atoms with van der Waals surface area (Å²) in [6, 6.07) is 26.3. The first-order valence-electron chi connectivity index (χ1n) is 12.1. The maximum absolute atomic E-state index is 11.1. The normalized spacial score (nSPS) is 12.8. The molecule has 6 rings (SSSR count). The summed E-state index contributed by atoms with van der Waals surface area (Å²) in [7, 11) is 0. The second kappa shape index (κ2) is 11.7. The summed E-state index contributed by atoms with van der Waals surface area (Å²) >= 11 is 2.75. The molecule has 3 aromatic carbocycles. The van der Waals surface area contributed by atoms with E-state index in [2.05, 4.69) is 79.5 Å². The Labute approximate surface area is 240 Å². The number of nitrogens with one attached hydrogen (secondary N) is 2. The van der Waals surface area contributed by atoms with E-state index < -0.39 is 11.3 Å². The van der Waals surface area contributed by atoms with E-state index in [9.17, 15) is 4.21 Å². The average Bonchev–Trinajstić information content (AvgIpc) is 3.71. The molecule has 0 saturated heterocycles. The van der Waals surface area contributed by atoms with Gasteiger partial charge in [0.25, 0.3) is 11.3 Å². The van der Waals surface area contributed by atoms with Crippen LogP contribution in [0.3, 0.4) is 0 Å². The molecule has 0 aliphatic rings. The lowest BCUT2D eigenvalue weighted by atomic mass is 10.0. The van der Waals surface area contributed by atoms with Crippen molar-refractivity contribution in [3.05, 3.63) is 111 Å². The molecule has 0 aliphatic heterocycles. The molecular formula is C28H23N5O2S4. The van der Waals surface area contributed by atoms with Crippen LogP contribution in [0.1, 0.15) is 27.9 Å². The molecule has 0 radical (unpaired) electrons. The lowest BCUT2D eigenvalue weighted by molar-refractivity contribution is 0.570. The summed E-state index contributed by atoms with van der Waals surface area (Å²) in [5.74, 6) is 0. The fraction of sp³-hybridized carbons (Fsp3) is 0.107. The van der Waals surface area contributed by atoms with Gasteiger partial charge < -0.3 is 5.32 Å². The van der Waals surface area contributed by atoms with Gasteiger partial charge in [0.2, 0.25) is 5.13 Å². The van der Waals surface area contributed by atoms with Crippen molar-refractivity contribution in [3.63, 3.8) is 0 Å². The quantitative estimate of drug-likeness (QED) is 0.144. The topological polar surface area (TPSA) is 100 Å². The van der Waals surface area contributed by atoms with E-state index in [0.29, 0.717) is 12.1 Å². The molecule has 0 amide bonds. The van der Waals surface area contributed by atoms with Gasteiger partial charge >= 0.3 is 0 Å². The Morgan fingerprint density at radius 2 is 1.72 bits per heavy atom. The van der Waals surface area contributed by atoms with E-state index in [4.69, 9.17) is 9.54 Å². The van der Waals surface area contributed by atoms with Crippen LogP contribution in [-0.4, -0.2) is 23.9 Å². The van der Waals surface area contributed by atoms with Gasteiger partial charge in [-0.05, 0) is 51.9 Å². The first-order chi connectivity index (χ1) is 19.1. The van der Waals surface area contributed by atoms with Gasteiger partial charge in [-0.15, -0.1) is 32.9 Å². The zero-order valence-electron chi connectivity index (χ0n) is 20.5. The summed E-state index contributed by atoms with van der Waals surface area (Å²) in [5.41, 5.74) is 3.78. The summed E-state index contributed by atoms with van der Waals surface area (Å²) in [4.78, 5) is 6.09. The van der Waals surface area contributed by atoms with Gasteiger partial charge in [0.15, 0.2) is 0 Å². The zero-order chi connectivity index (χ0) is 26.6. The van der Waals surface area contributed by atoms with Crippen LogP contribution in [0, 0.1) is 0 Å². The first kappa shape index (κ1) is 25.8. The molecule has 3 heterocycles. The number of benzene rings is 3. The maximum Gasteiger partial charge on any atom is 0.259 e. The van der Waals surface area contributed by atoms with Crippen LogP contribution in [0.15, 0.2) is 89.6 Å². The summed E-state index contributed by atoms with van der Waals surface area (Å²) in [5, 5.41) is 21.7. The predicted molar refractivity (Wildman–Crippen MR) is 163 cm³/mol. The SMILES string of the molecule is O=S(O)Nc1ccc(C[C@H](Nc2nnc(Cc3ccc4ccccc4c3)s2)c2csc(-c3cccs3)n2)cc1. The largest absolute Gasteiger partial charge is 0.351 e. The van der Waals surface area contributed by atoms with Crippen molar-refractivity contribution >= 4 is 66.9 Å². The van der Waals surface area contributed by atoms with Gasteiger partial charge in [-0.3, -0.25) is 9.27 Å². The van der Waals surface area contributed by atoms with Gasteiger partial charge in [-0.1, -0.05) is 72.0 Å². The highest BCUT2D eigenvalue weighted by molar-refractivity contribution is 7.80. The van der Waals surface area contributed by atoms with Crippen LogP contribution in [0.2, 0.25) is 0 Å². The number of rotatable bonds is 10. The van der Waals surface area contributed by atoms with Crippen molar-refractivity contribution < 1.29 is 8.76 Å². The van der Waals surface area contributed by atoms with Crippen molar-refractivity contribution in [2.24, 2.45) is 0 Å². The highest BCUT2D eigenvalue weighted by atomic mass is 32.2. The van der Waals surface area contributed by atoms with Crippen LogP contribution in [0.25, 0.3) is 20.7 Å². The minimum absolute atomic E-state index is 0.123. The Balaban J connectivity index is 1.22. The van der Waals surface area contributed by atoms with Crippen LogP contribution >= 0.6 is 34.0 Å². The Bertz CT molecular complexity index is 1710. The van der Waals surface area contributed by atoms with E-state index in [0.717, 1.165) is 37.7 Å². The lowest BCUT2D eigenvalue weighted by Gasteiger charge is -2.16. The highest BCUT2D eigenvalue weighted by Crippen LogP contribution is 2.33. The van der Waals surface area contributed by atoms with E-state index in [-0.39, 0.29) is 6.04 Å². The molecule has 39 heavy (non-hydrogen) atoms. The Morgan fingerprint density at radius 1 is 0.897 bits per heavy atom. The number of thiophene rings is 1. The lowest BCUT2D eigenvalue weighted by Crippen LogP contribution is -2.14. The van der Waals surface area contributed by atoms with E-state index in [1.54, 1.807) is 46.1 Å². The summed E-state index contributed by atoms with van der Waals surface area (Å²) in [6.07, 6.45) is 1.38. The van der Waals surface area contributed by atoms with Gasteiger partial charge in [0, 0.05) is 17.5 Å². The third kappa shape index (κ3) is 6.40. The molecule has 3 aromatic heterocycles. The average molecular weight is 590 g/mol. The molecule has 7 nitrogen and oxygen atoms in total. The number of nitrogens with zero attached hydrogens (tertiary/aromatic N) is 3. The van der Waals surface area contributed by atoms with Crippen LogP contribution in [-0.2, 0) is 24.1 Å². The van der Waals surface area contributed by atoms with Crippen molar-refractivity contribution in [1.29, 1.82) is 0 Å². The van der Waals surface area contributed by atoms with Crippen molar-refractivity contribution in [3.8, 4) is 9.88 Å². The van der Waals surface area contributed by atoms with Crippen molar-refractivity contribution in [1.82, 2.24) is 15.2 Å². The third-order valence-electron chi connectivity index (χ3n) is 6.14. The summed E-state index contributed by atoms with van der Waals surface area (Å²) < 4.78 is 22.6. The predicted octanol–water partition coefficient (Wildman–Crippen LogP) is 7.41. The van der Waals surface area contributed by atoms with Crippen LogP contribution < -0.4 is 10.0 Å². The molecule has 3 N–H and O–H groups in total. The van der Waals surface area contributed by atoms with E-state index in [1.165, 1.54) is 16.3 Å². The number of hydrogen-bond acceptors (Lipinski definition) is 8. The Hall–Kier alpha value is -3.48. The third-order valence-corrected chi connectivity index (χ3v) is 9.31.